The Morgan fingerprint density at radius 1 is 0.765 bits per heavy atom. The standard InChI is InChI=1S/C27H26N2O5/c1-16-9-8-11-22(17(16)2)29-26(30)24(21-10-6-7-12-23(21)34-5)25(27(29)31)28-18-13-19(32-3)15-20(14-18)33-4/h6-15,28H,1-5H3. The van der Waals surface area contributed by atoms with Crippen LogP contribution >= 0.6 is 0 Å². The average Bonchev–Trinajstić information content (AvgIpc) is 3.09. The van der Waals surface area contributed by atoms with E-state index in [4.69, 9.17) is 14.2 Å². The summed E-state index contributed by atoms with van der Waals surface area (Å²) >= 11 is 0. The number of anilines is 2. The molecule has 0 fully saturated rings. The molecule has 1 aliphatic heterocycles. The summed E-state index contributed by atoms with van der Waals surface area (Å²) in [5, 5.41) is 3.16. The smallest absolute Gasteiger partial charge is 0.282 e. The quantitative estimate of drug-likeness (QED) is 0.516. The normalized spacial score (nSPS) is 13.4. The average molecular weight is 459 g/mol. The van der Waals surface area contributed by atoms with Crippen molar-refractivity contribution in [2.45, 2.75) is 13.8 Å². The van der Waals surface area contributed by atoms with Crippen molar-refractivity contribution in [1.29, 1.82) is 0 Å². The van der Waals surface area contributed by atoms with Crippen molar-refractivity contribution >= 4 is 28.8 Å². The molecule has 0 atom stereocenters. The molecule has 7 heteroatoms. The third-order valence-corrected chi connectivity index (χ3v) is 5.90. The number of para-hydroxylation sites is 1. The first kappa shape index (κ1) is 22.9. The molecular formula is C27H26N2O5. The highest BCUT2D eigenvalue weighted by Gasteiger charge is 2.42. The molecule has 0 saturated carbocycles. The van der Waals surface area contributed by atoms with Gasteiger partial charge in [0.15, 0.2) is 0 Å². The third kappa shape index (κ3) is 3.96. The molecule has 0 unspecified atom stereocenters. The molecule has 0 radical (unpaired) electrons. The van der Waals surface area contributed by atoms with Gasteiger partial charge in [0.2, 0.25) is 0 Å². The van der Waals surface area contributed by atoms with Gasteiger partial charge >= 0.3 is 0 Å². The molecule has 0 aromatic heterocycles. The second kappa shape index (κ2) is 9.31. The van der Waals surface area contributed by atoms with Gasteiger partial charge in [0.05, 0.1) is 32.6 Å². The lowest BCUT2D eigenvalue weighted by atomic mass is 10.0. The molecule has 0 bridgehead atoms. The number of carbonyl (C=O) groups is 2. The molecule has 3 aromatic rings. The first-order valence-electron chi connectivity index (χ1n) is 10.7. The van der Waals surface area contributed by atoms with Crippen LogP contribution in [0.4, 0.5) is 11.4 Å². The fraction of sp³-hybridized carbons (Fsp3) is 0.185. The van der Waals surface area contributed by atoms with Crippen LogP contribution in [-0.4, -0.2) is 33.1 Å². The minimum absolute atomic E-state index is 0.144. The highest BCUT2D eigenvalue weighted by molar-refractivity contribution is 6.46. The lowest BCUT2D eigenvalue weighted by Gasteiger charge is -2.19. The van der Waals surface area contributed by atoms with Crippen LogP contribution in [0.15, 0.2) is 66.4 Å². The molecule has 1 heterocycles. The van der Waals surface area contributed by atoms with Gasteiger partial charge in [-0.05, 0) is 37.1 Å². The Kier molecular flexibility index (Phi) is 6.27. The first-order valence-corrected chi connectivity index (χ1v) is 10.7. The van der Waals surface area contributed by atoms with Crippen LogP contribution in [0.2, 0.25) is 0 Å². The molecule has 1 N–H and O–H groups in total. The van der Waals surface area contributed by atoms with Crippen LogP contribution in [0.3, 0.4) is 0 Å². The molecule has 34 heavy (non-hydrogen) atoms. The van der Waals surface area contributed by atoms with Gasteiger partial charge in [0.25, 0.3) is 11.8 Å². The molecule has 3 aromatic carbocycles. The minimum Gasteiger partial charge on any atom is -0.497 e. The summed E-state index contributed by atoms with van der Waals surface area (Å²) < 4.78 is 16.2. The van der Waals surface area contributed by atoms with Crippen LogP contribution in [0.1, 0.15) is 16.7 Å². The van der Waals surface area contributed by atoms with E-state index in [0.29, 0.717) is 34.2 Å². The molecule has 0 spiro atoms. The van der Waals surface area contributed by atoms with Crippen LogP contribution in [0.5, 0.6) is 17.2 Å². The summed E-state index contributed by atoms with van der Waals surface area (Å²) in [6, 6.07) is 17.9. The number of hydrogen-bond acceptors (Lipinski definition) is 6. The fourth-order valence-electron chi connectivity index (χ4n) is 3.97. The summed E-state index contributed by atoms with van der Waals surface area (Å²) in [5.41, 5.74) is 3.82. The van der Waals surface area contributed by atoms with Crippen molar-refractivity contribution < 1.29 is 23.8 Å². The summed E-state index contributed by atoms with van der Waals surface area (Å²) in [6.45, 7) is 3.84. The van der Waals surface area contributed by atoms with E-state index in [9.17, 15) is 9.59 Å². The van der Waals surface area contributed by atoms with E-state index in [1.54, 1.807) is 56.7 Å². The Hall–Kier alpha value is -4.26. The highest BCUT2D eigenvalue weighted by Crippen LogP contribution is 2.39. The highest BCUT2D eigenvalue weighted by atomic mass is 16.5. The van der Waals surface area contributed by atoms with Gasteiger partial charge in [-0.3, -0.25) is 9.59 Å². The zero-order valence-electron chi connectivity index (χ0n) is 19.8. The molecular weight excluding hydrogens is 432 g/mol. The predicted molar refractivity (Wildman–Crippen MR) is 131 cm³/mol. The van der Waals surface area contributed by atoms with Crippen molar-refractivity contribution in [3.05, 3.63) is 83.1 Å². The topological polar surface area (TPSA) is 77.1 Å². The Balaban J connectivity index is 1.90. The molecule has 2 amide bonds. The van der Waals surface area contributed by atoms with Crippen molar-refractivity contribution in [3.8, 4) is 17.2 Å². The Bertz CT molecular complexity index is 1290. The number of ether oxygens (including phenoxy) is 3. The first-order chi connectivity index (χ1) is 16.4. The summed E-state index contributed by atoms with van der Waals surface area (Å²) in [7, 11) is 4.62. The SMILES string of the molecule is COc1cc(NC2=C(c3ccccc3OC)C(=O)N(c3cccc(C)c3C)C2=O)cc(OC)c1. The van der Waals surface area contributed by atoms with Crippen molar-refractivity contribution in [2.75, 3.05) is 31.5 Å². The zero-order chi connectivity index (χ0) is 24.4. The van der Waals surface area contributed by atoms with Crippen LogP contribution in [0, 0.1) is 13.8 Å². The number of nitrogens with zero attached hydrogens (tertiary/aromatic N) is 1. The monoisotopic (exact) mass is 458 g/mol. The Morgan fingerprint density at radius 2 is 1.44 bits per heavy atom. The van der Waals surface area contributed by atoms with Gasteiger partial charge in [-0.15, -0.1) is 0 Å². The van der Waals surface area contributed by atoms with Gasteiger partial charge in [-0.1, -0.05) is 30.3 Å². The van der Waals surface area contributed by atoms with E-state index in [1.807, 2.05) is 32.0 Å². The number of imide groups is 1. The van der Waals surface area contributed by atoms with E-state index in [0.717, 1.165) is 11.1 Å². The van der Waals surface area contributed by atoms with E-state index in [1.165, 1.54) is 12.0 Å². The number of methoxy groups -OCH3 is 3. The van der Waals surface area contributed by atoms with Gasteiger partial charge in [0.1, 0.15) is 22.9 Å². The Labute approximate surface area is 198 Å². The molecule has 1 aliphatic rings. The lowest BCUT2D eigenvalue weighted by molar-refractivity contribution is -0.120. The van der Waals surface area contributed by atoms with E-state index in [2.05, 4.69) is 5.32 Å². The largest absolute Gasteiger partial charge is 0.497 e. The van der Waals surface area contributed by atoms with Gasteiger partial charge in [-0.2, -0.15) is 0 Å². The van der Waals surface area contributed by atoms with Gasteiger partial charge < -0.3 is 19.5 Å². The number of nitrogens with one attached hydrogen (secondary N) is 1. The maximum absolute atomic E-state index is 13.8. The van der Waals surface area contributed by atoms with Crippen LogP contribution in [0.25, 0.3) is 5.57 Å². The minimum atomic E-state index is -0.457. The maximum Gasteiger partial charge on any atom is 0.282 e. The summed E-state index contributed by atoms with van der Waals surface area (Å²) in [6.07, 6.45) is 0. The number of amides is 2. The molecule has 0 saturated heterocycles. The van der Waals surface area contributed by atoms with E-state index < -0.39 is 11.8 Å². The second-order valence-corrected chi connectivity index (χ2v) is 7.84. The van der Waals surface area contributed by atoms with Crippen LogP contribution in [-0.2, 0) is 9.59 Å². The third-order valence-electron chi connectivity index (χ3n) is 5.90. The molecule has 7 nitrogen and oxygen atoms in total. The number of hydrogen-bond donors (Lipinski definition) is 1. The predicted octanol–water partition coefficient (Wildman–Crippen LogP) is 4.73. The molecule has 0 aliphatic carbocycles. The molecule has 4 rings (SSSR count). The van der Waals surface area contributed by atoms with Crippen molar-refractivity contribution in [1.82, 2.24) is 0 Å². The molecule has 174 valence electrons. The number of aryl methyl sites for hydroxylation is 1. The lowest BCUT2D eigenvalue weighted by Crippen LogP contribution is -2.33. The second-order valence-electron chi connectivity index (χ2n) is 7.84. The summed E-state index contributed by atoms with van der Waals surface area (Å²) in [5.74, 6) is 0.694. The van der Waals surface area contributed by atoms with Crippen molar-refractivity contribution in [2.24, 2.45) is 0 Å². The van der Waals surface area contributed by atoms with Crippen molar-refractivity contribution in [3.63, 3.8) is 0 Å². The van der Waals surface area contributed by atoms with Gasteiger partial charge in [-0.25, -0.2) is 4.90 Å². The van der Waals surface area contributed by atoms with E-state index in [-0.39, 0.29) is 11.3 Å². The van der Waals surface area contributed by atoms with Crippen LogP contribution < -0.4 is 24.4 Å². The zero-order valence-corrected chi connectivity index (χ0v) is 19.8. The summed E-state index contributed by atoms with van der Waals surface area (Å²) in [4.78, 5) is 28.8. The number of benzene rings is 3. The number of rotatable bonds is 7. The number of carbonyl (C=O) groups excluding carboxylic acids is 2. The van der Waals surface area contributed by atoms with E-state index >= 15 is 0 Å². The Morgan fingerprint density at radius 3 is 2.09 bits per heavy atom. The fourth-order valence-corrected chi connectivity index (χ4v) is 3.97. The van der Waals surface area contributed by atoms with Gasteiger partial charge in [0, 0.05) is 29.4 Å². The maximum atomic E-state index is 13.8.